The van der Waals surface area contributed by atoms with Crippen molar-refractivity contribution in [1.29, 1.82) is 0 Å². The Bertz CT molecular complexity index is 478. The minimum absolute atomic E-state index is 0.0543. The standard InChI is InChI=1S/C12H16N2O2S/c1-8-7-17-12(14-8)9(2)13-5-10-3-4-11(6-15)16-10/h3-4,7,9,13,15H,5-6H2,1-2H3. The summed E-state index contributed by atoms with van der Waals surface area (Å²) in [6.07, 6.45) is 0. The molecule has 2 aromatic heterocycles. The van der Waals surface area contributed by atoms with E-state index in [0.29, 0.717) is 12.3 Å². The minimum Gasteiger partial charge on any atom is -0.462 e. The van der Waals surface area contributed by atoms with Crippen molar-refractivity contribution in [3.8, 4) is 0 Å². The molecule has 0 aliphatic rings. The third kappa shape index (κ3) is 3.15. The molecule has 0 bridgehead atoms. The first-order valence-corrected chi connectivity index (χ1v) is 6.41. The molecule has 0 aliphatic carbocycles. The van der Waals surface area contributed by atoms with Crippen LogP contribution >= 0.6 is 11.3 Å². The highest BCUT2D eigenvalue weighted by atomic mass is 32.1. The van der Waals surface area contributed by atoms with Gasteiger partial charge in [0.2, 0.25) is 0 Å². The van der Waals surface area contributed by atoms with Crippen LogP contribution in [0.25, 0.3) is 0 Å². The Kier molecular flexibility index (Phi) is 3.93. The van der Waals surface area contributed by atoms with Gasteiger partial charge >= 0.3 is 0 Å². The predicted molar refractivity (Wildman–Crippen MR) is 66.7 cm³/mol. The topological polar surface area (TPSA) is 58.3 Å². The Morgan fingerprint density at radius 3 is 2.82 bits per heavy atom. The first-order valence-electron chi connectivity index (χ1n) is 5.53. The van der Waals surface area contributed by atoms with Crippen LogP contribution in [-0.2, 0) is 13.2 Å². The summed E-state index contributed by atoms with van der Waals surface area (Å²) in [5.74, 6) is 1.42. The van der Waals surface area contributed by atoms with Crippen LogP contribution in [0.5, 0.6) is 0 Å². The second-order valence-corrected chi connectivity index (χ2v) is 4.85. The smallest absolute Gasteiger partial charge is 0.129 e. The Balaban J connectivity index is 1.89. The molecule has 0 aliphatic heterocycles. The highest BCUT2D eigenvalue weighted by Gasteiger charge is 2.09. The molecule has 0 aromatic carbocycles. The molecule has 5 heteroatoms. The summed E-state index contributed by atoms with van der Waals surface area (Å²) in [7, 11) is 0. The van der Waals surface area contributed by atoms with E-state index in [4.69, 9.17) is 9.52 Å². The van der Waals surface area contributed by atoms with Crippen LogP contribution in [0.3, 0.4) is 0 Å². The van der Waals surface area contributed by atoms with E-state index in [2.05, 4.69) is 17.2 Å². The molecule has 1 atom stereocenters. The molecule has 0 saturated heterocycles. The van der Waals surface area contributed by atoms with Gasteiger partial charge in [0.1, 0.15) is 23.1 Å². The maximum atomic E-state index is 8.89. The molecule has 2 heterocycles. The van der Waals surface area contributed by atoms with Gasteiger partial charge in [-0.1, -0.05) is 0 Å². The molecule has 2 rings (SSSR count). The molecular formula is C12H16N2O2S. The summed E-state index contributed by atoms with van der Waals surface area (Å²) in [5.41, 5.74) is 1.05. The third-order valence-electron chi connectivity index (χ3n) is 2.46. The molecule has 0 spiro atoms. The number of thiazole rings is 1. The van der Waals surface area contributed by atoms with Crippen molar-refractivity contribution in [2.45, 2.75) is 33.0 Å². The number of nitrogens with zero attached hydrogens (tertiary/aromatic N) is 1. The van der Waals surface area contributed by atoms with Crippen molar-refractivity contribution in [3.63, 3.8) is 0 Å². The zero-order chi connectivity index (χ0) is 12.3. The summed E-state index contributed by atoms with van der Waals surface area (Å²) in [5, 5.41) is 15.4. The zero-order valence-electron chi connectivity index (χ0n) is 9.93. The average Bonchev–Trinajstić information content (AvgIpc) is 2.94. The second-order valence-electron chi connectivity index (χ2n) is 3.96. The van der Waals surface area contributed by atoms with Gasteiger partial charge in [0.05, 0.1) is 12.6 Å². The lowest BCUT2D eigenvalue weighted by atomic mass is 10.3. The van der Waals surface area contributed by atoms with E-state index in [1.54, 1.807) is 17.4 Å². The molecule has 2 aromatic rings. The fourth-order valence-corrected chi connectivity index (χ4v) is 2.34. The summed E-state index contributed by atoms with van der Waals surface area (Å²) in [4.78, 5) is 4.43. The largest absolute Gasteiger partial charge is 0.462 e. The fourth-order valence-electron chi connectivity index (χ4n) is 1.51. The number of furan rings is 1. The van der Waals surface area contributed by atoms with Crippen LogP contribution in [0.1, 0.15) is 35.2 Å². The number of hydrogen-bond donors (Lipinski definition) is 2. The molecule has 17 heavy (non-hydrogen) atoms. The van der Waals surface area contributed by atoms with E-state index in [9.17, 15) is 0 Å². The van der Waals surface area contributed by atoms with Gasteiger partial charge < -0.3 is 14.8 Å². The molecular weight excluding hydrogens is 236 g/mol. The van der Waals surface area contributed by atoms with Gasteiger partial charge in [0.25, 0.3) is 0 Å². The monoisotopic (exact) mass is 252 g/mol. The highest BCUT2D eigenvalue weighted by molar-refractivity contribution is 7.09. The Morgan fingerprint density at radius 1 is 1.47 bits per heavy atom. The molecule has 4 nitrogen and oxygen atoms in total. The van der Waals surface area contributed by atoms with E-state index in [-0.39, 0.29) is 12.6 Å². The fraction of sp³-hybridized carbons (Fsp3) is 0.417. The Morgan fingerprint density at radius 2 is 2.24 bits per heavy atom. The molecule has 92 valence electrons. The van der Waals surface area contributed by atoms with Gasteiger partial charge in [-0.05, 0) is 26.0 Å². The van der Waals surface area contributed by atoms with Gasteiger partial charge in [0, 0.05) is 11.1 Å². The number of aryl methyl sites for hydroxylation is 1. The van der Waals surface area contributed by atoms with Crippen LogP contribution in [0.4, 0.5) is 0 Å². The number of rotatable bonds is 5. The maximum absolute atomic E-state index is 8.89. The number of aliphatic hydroxyl groups excluding tert-OH is 1. The number of aliphatic hydroxyl groups is 1. The molecule has 0 radical (unpaired) electrons. The van der Waals surface area contributed by atoms with E-state index < -0.39 is 0 Å². The Labute approximate surface area is 104 Å². The maximum Gasteiger partial charge on any atom is 0.129 e. The molecule has 1 unspecified atom stereocenters. The van der Waals surface area contributed by atoms with Gasteiger partial charge in [-0.15, -0.1) is 11.3 Å². The molecule has 0 amide bonds. The quantitative estimate of drug-likeness (QED) is 0.858. The van der Waals surface area contributed by atoms with E-state index in [1.807, 2.05) is 18.4 Å². The van der Waals surface area contributed by atoms with Gasteiger partial charge in [-0.2, -0.15) is 0 Å². The van der Waals surface area contributed by atoms with Crippen molar-refractivity contribution in [3.05, 3.63) is 39.7 Å². The van der Waals surface area contributed by atoms with Crippen LogP contribution < -0.4 is 5.32 Å². The molecule has 0 saturated carbocycles. The van der Waals surface area contributed by atoms with Gasteiger partial charge in [0.15, 0.2) is 0 Å². The van der Waals surface area contributed by atoms with E-state index in [1.165, 1.54) is 0 Å². The SMILES string of the molecule is Cc1csc(C(C)NCc2ccc(CO)o2)n1. The zero-order valence-corrected chi connectivity index (χ0v) is 10.8. The number of aromatic nitrogens is 1. The van der Waals surface area contributed by atoms with Crippen molar-refractivity contribution < 1.29 is 9.52 Å². The first kappa shape index (κ1) is 12.3. The van der Waals surface area contributed by atoms with Gasteiger partial charge in [-0.25, -0.2) is 4.98 Å². The predicted octanol–water partition coefficient (Wildman–Crippen LogP) is 2.39. The summed E-state index contributed by atoms with van der Waals surface area (Å²) in [6, 6.07) is 3.87. The Hall–Kier alpha value is -1.17. The molecule has 2 N–H and O–H groups in total. The summed E-state index contributed by atoms with van der Waals surface area (Å²) in [6.45, 7) is 4.65. The lowest BCUT2D eigenvalue weighted by Crippen LogP contribution is -2.17. The highest BCUT2D eigenvalue weighted by Crippen LogP contribution is 2.18. The lowest BCUT2D eigenvalue weighted by molar-refractivity contribution is 0.242. The number of hydrogen-bond acceptors (Lipinski definition) is 5. The summed E-state index contributed by atoms with van der Waals surface area (Å²) >= 11 is 1.66. The van der Waals surface area contributed by atoms with E-state index >= 15 is 0 Å². The van der Waals surface area contributed by atoms with Crippen molar-refractivity contribution in [1.82, 2.24) is 10.3 Å². The molecule has 0 fully saturated rings. The lowest BCUT2D eigenvalue weighted by Gasteiger charge is -2.09. The third-order valence-corrected chi connectivity index (χ3v) is 3.61. The second kappa shape index (κ2) is 5.44. The average molecular weight is 252 g/mol. The van der Waals surface area contributed by atoms with Crippen LogP contribution in [-0.4, -0.2) is 10.1 Å². The summed E-state index contributed by atoms with van der Waals surface area (Å²) < 4.78 is 5.39. The van der Waals surface area contributed by atoms with Crippen LogP contribution in [0.15, 0.2) is 21.9 Å². The van der Waals surface area contributed by atoms with Gasteiger partial charge in [-0.3, -0.25) is 0 Å². The van der Waals surface area contributed by atoms with Crippen molar-refractivity contribution in [2.75, 3.05) is 0 Å². The van der Waals surface area contributed by atoms with Crippen LogP contribution in [0.2, 0.25) is 0 Å². The van der Waals surface area contributed by atoms with Crippen molar-refractivity contribution >= 4 is 11.3 Å². The minimum atomic E-state index is -0.0543. The van der Waals surface area contributed by atoms with E-state index in [0.717, 1.165) is 16.5 Å². The van der Waals surface area contributed by atoms with Crippen molar-refractivity contribution in [2.24, 2.45) is 0 Å². The van der Waals surface area contributed by atoms with Crippen LogP contribution in [0, 0.1) is 6.92 Å². The first-order chi connectivity index (χ1) is 8.19. The number of nitrogens with one attached hydrogen (secondary N) is 1. The normalized spacial score (nSPS) is 12.9.